The number of rotatable bonds is 3. The Bertz CT molecular complexity index is 1190. The number of benzene rings is 2. The van der Waals surface area contributed by atoms with E-state index < -0.39 is 29.0 Å². The summed E-state index contributed by atoms with van der Waals surface area (Å²) in [7, 11) is 1.66. The fourth-order valence-electron chi connectivity index (χ4n) is 3.56. The Balaban J connectivity index is 1.57. The van der Waals surface area contributed by atoms with Gasteiger partial charge in [-0.15, -0.1) is 0 Å². The number of carbonyl (C=O) groups is 2. The van der Waals surface area contributed by atoms with Gasteiger partial charge in [0.05, 0.1) is 11.1 Å². The molecule has 0 unspecified atom stereocenters. The number of anilines is 2. The molecule has 2 heterocycles. The average Bonchev–Trinajstić information content (AvgIpc) is 3.32. The quantitative estimate of drug-likeness (QED) is 0.636. The van der Waals surface area contributed by atoms with Crippen LogP contribution in [0.4, 0.5) is 28.9 Å². The van der Waals surface area contributed by atoms with Crippen molar-refractivity contribution in [3.63, 3.8) is 0 Å². The van der Waals surface area contributed by atoms with E-state index in [1.807, 2.05) is 0 Å². The molecule has 10 heteroatoms. The highest BCUT2D eigenvalue weighted by molar-refractivity contribution is 6.07. The van der Waals surface area contributed by atoms with Crippen molar-refractivity contribution in [2.45, 2.75) is 12.6 Å². The number of aryl methyl sites for hydroxylation is 1. The van der Waals surface area contributed by atoms with Crippen molar-refractivity contribution in [1.82, 2.24) is 9.78 Å². The summed E-state index contributed by atoms with van der Waals surface area (Å²) >= 11 is 0. The topological polar surface area (TPSA) is 67.2 Å². The molecule has 6 nitrogen and oxygen atoms in total. The van der Waals surface area contributed by atoms with Gasteiger partial charge in [-0.05, 0) is 54.4 Å². The molecule has 0 bridgehead atoms. The van der Waals surface area contributed by atoms with E-state index in [1.165, 1.54) is 16.9 Å². The van der Waals surface area contributed by atoms with Gasteiger partial charge in [0, 0.05) is 31.2 Å². The summed E-state index contributed by atoms with van der Waals surface area (Å²) in [6, 6.07) is 8.24. The lowest BCUT2D eigenvalue weighted by Gasteiger charge is -2.18. The Morgan fingerprint density at radius 2 is 1.87 bits per heavy atom. The van der Waals surface area contributed by atoms with Crippen molar-refractivity contribution in [2.24, 2.45) is 7.05 Å². The number of nitrogens with one attached hydrogen (secondary N) is 1. The Labute approximate surface area is 174 Å². The molecule has 1 aliphatic rings. The molecule has 160 valence electrons. The van der Waals surface area contributed by atoms with Gasteiger partial charge in [-0.25, -0.2) is 4.39 Å². The highest BCUT2D eigenvalue weighted by Gasteiger charge is 2.36. The normalized spacial score (nSPS) is 13.3. The van der Waals surface area contributed by atoms with Crippen molar-refractivity contribution in [2.75, 3.05) is 16.8 Å². The lowest BCUT2D eigenvalue weighted by molar-refractivity contribution is -0.138. The molecule has 4 rings (SSSR count). The van der Waals surface area contributed by atoms with Crippen LogP contribution < -0.4 is 10.2 Å². The summed E-state index contributed by atoms with van der Waals surface area (Å²) in [4.78, 5) is 26.8. The van der Waals surface area contributed by atoms with Crippen LogP contribution in [0.5, 0.6) is 0 Å². The molecule has 1 N–H and O–H groups in total. The number of alkyl halides is 3. The number of hydrogen-bond acceptors (Lipinski definition) is 3. The van der Waals surface area contributed by atoms with Crippen LogP contribution in [0.15, 0.2) is 48.7 Å². The van der Waals surface area contributed by atoms with Crippen LogP contribution >= 0.6 is 0 Å². The summed E-state index contributed by atoms with van der Waals surface area (Å²) in [5, 5.41) is 6.41. The van der Waals surface area contributed by atoms with Crippen LogP contribution in [-0.4, -0.2) is 28.1 Å². The summed E-state index contributed by atoms with van der Waals surface area (Å²) < 4.78 is 54.3. The maximum absolute atomic E-state index is 13.3. The number of carbonyl (C=O) groups excluding carboxylic acids is 2. The molecule has 2 amide bonds. The van der Waals surface area contributed by atoms with Gasteiger partial charge in [-0.1, -0.05) is 0 Å². The summed E-state index contributed by atoms with van der Waals surface area (Å²) in [5.41, 5.74) is 0.0872. The SMILES string of the molecule is Cn1nccc1C(=O)N1CCc2cc(NC(=O)c3ccc(F)cc3C(F)(F)F)ccc21. The molecule has 0 spiro atoms. The first kappa shape index (κ1) is 20.6. The van der Waals surface area contributed by atoms with Crippen molar-refractivity contribution < 1.29 is 27.2 Å². The maximum atomic E-state index is 13.3. The van der Waals surface area contributed by atoms with Crippen LogP contribution in [0.1, 0.15) is 32.0 Å². The first-order valence-electron chi connectivity index (χ1n) is 9.26. The van der Waals surface area contributed by atoms with Crippen LogP contribution in [0.3, 0.4) is 0 Å². The number of fused-ring (bicyclic) bond motifs is 1. The Hall–Kier alpha value is -3.69. The minimum atomic E-state index is -4.88. The molecule has 31 heavy (non-hydrogen) atoms. The second kappa shape index (κ2) is 7.53. The smallest absolute Gasteiger partial charge is 0.322 e. The number of aromatic nitrogens is 2. The lowest BCUT2D eigenvalue weighted by atomic mass is 10.1. The molecular weight excluding hydrogens is 416 g/mol. The van der Waals surface area contributed by atoms with Crippen LogP contribution in [0, 0.1) is 5.82 Å². The largest absolute Gasteiger partial charge is 0.417 e. The molecule has 0 atom stereocenters. The van der Waals surface area contributed by atoms with Gasteiger partial charge in [-0.2, -0.15) is 18.3 Å². The second-order valence-corrected chi connectivity index (χ2v) is 7.03. The van der Waals surface area contributed by atoms with Gasteiger partial charge in [0.15, 0.2) is 0 Å². The lowest BCUT2D eigenvalue weighted by Crippen LogP contribution is -2.30. The monoisotopic (exact) mass is 432 g/mol. The van der Waals surface area contributed by atoms with Gasteiger partial charge >= 0.3 is 6.18 Å². The first-order chi connectivity index (χ1) is 14.6. The van der Waals surface area contributed by atoms with Crippen molar-refractivity contribution in [3.8, 4) is 0 Å². The Morgan fingerprint density at radius 3 is 2.55 bits per heavy atom. The fourth-order valence-corrected chi connectivity index (χ4v) is 3.56. The molecule has 0 saturated heterocycles. The van der Waals surface area contributed by atoms with Gasteiger partial charge in [-0.3, -0.25) is 14.3 Å². The molecule has 1 aliphatic heterocycles. The van der Waals surface area contributed by atoms with Gasteiger partial charge < -0.3 is 10.2 Å². The molecule has 0 saturated carbocycles. The molecular formula is C21H16F4N4O2. The Morgan fingerprint density at radius 1 is 1.10 bits per heavy atom. The van der Waals surface area contributed by atoms with E-state index in [9.17, 15) is 27.2 Å². The van der Waals surface area contributed by atoms with E-state index in [4.69, 9.17) is 0 Å². The zero-order valence-corrected chi connectivity index (χ0v) is 16.2. The fraction of sp³-hybridized carbons (Fsp3) is 0.190. The zero-order chi connectivity index (χ0) is 22.3. The third kappa shape index (κ3) is 3.88. The number of hydrogen-bond donors (Lipinski definition) is 1. The molecule has 0 radical (unpaired) electrons. The average molecular weight is 432 g/mol. The number of amides is 2. The first-order valence-corrected chi connectivity index (χ1v) is 9.26. The van der Waals surface area contributed by atoms with Gasteiger partial charge in [0.1, 0.15) is 11.5 Å². The molecule has 0 aliphatic carbocycles. The van der Waals surface area contributed by atoms with Crippen LogP contribution in [-0.2, 0) is 19.6 Å². The Kier molecular flexibility index (Phi) is 5.00. The van der Waals surface area contributed by atoms with Gasteiger partial charge in [0.2, 0.25) is 0 Å². The summed E-state index contributed by atoms with van der Waals surface area (Å²) in [6.45, 7) is 0.424. The highest BCUT2D eigenvalue weighted by atomic mass is 19.4. The third-order valence-electron chi connectivity index (χ3n) is 5.05. The van der Waals surface area contributed by atoms with E-state index in [-0.39, 0.29) is 11.6 Å². The molecule has 0 fully saturated rings. The van der Waals surface area contributed by atoms with Crippen molar-refractivity contribution in [1.29, 1.82) is 0 Å². The minimum absolute atomic E-state index is 0.225. The van der Waals surface area contributed by atoms with E-state index in [0.29, 0.717) is 30.4 Å². The predicted octanol–water partition coefficient (Wildman–Crippen LogP) is 4.03. The van der Waals surface area contributed by atoms with Crippen molar-refractivity contribution in [3.05, 3.63) is 76.9 Å². The van der Waals surface area contributed by atoms with E-state index in [1.54, 1.807) is 30.1 Å². The predicted molar refractivity (Wildman–Crippen MR) is 104 cm³/mol. The van der Waals surface area contributed by atoms with E-state index >= 15 is 0 Å². The van der Waals surface area contributed by atoms with Crippen molar-refractivity contribution >= 4 is 23.2 Å². The molecule has 2 aromatic carbocycles. The van der Waals surface area contributed by atoms with Crippen LogP contribution in [0.25, 0.3) is 0 Å². The van der Waals surface area contributed by atoms with E-state index in [0.717, 1.165) is 17.7 Å². The summed E-state index contributed by atoms with van der Waals surface area (Å²) in [6.07, 6.45) is -2.83. The maximum Gasteiger partial charge on any atom is 0.417 e. The molecule has 3 aromatic rings. The summed E-state index contributed by atoms with van der Waals surface area (Å²) in [5.74, 6) is -2.32. The highest BCUT2D eigenvalue weighted by Crippen LogP contribution is 2.34. The van der Waals surface area contributed by atoms with Gasteiger partial charge in [0.25, 0.3) is 11.8 Å². The third-order valence-corrected chi connectivity index (χ3v) is 5.05. The number of nitrogens with zero attached hydrogens (tertiary/aromatic N) is 3. The van der Waals surface area contributed by atoms with E-state index in [2.05, 4.69) is 10.4 Å². The number of halogens is 4. The minimum Gasteiger partial charge on any atom is -0.322 e. The van der Waals surface area contributed by atoms with Crippen LogP contribution in [0.2, 0.25) is 0 Å². The zero-order valence-electron chi connectivity index (χ0n) is 16.2. The standard InChI is InChI=1S/C21H16F4N4O2/c1-28-18(6-8-26-28)20(31)29-9-7-12-10-14(3-5-17(12)29)27-19(30)15-4-2-13(22)11-16(15)21(23,24)25/h2-6,8,10-11H,7,9H2,1H3,(H,27,30). The molecule has 1 aromatic heterocycles. The second-order valence-electron chi connectivity index (χ2n) is 7.03.